The molecule has 1 spiro atoms. The molecule has 0 unspecified atom stereocenters. The van der Waals surface area contributed by atoms with E-state index in [1.807, 2.05) is 30.0 Å². The van der Waals surface area contributed by atoms with Crippen LogP contribution < -0.4 is 5.32 Å². The van der Waals surface area contributed by atoms with Gasteiger partial charge in [0.15, 0.2) is 5.17 Å². The van der Waals surface area contributed by atoms with Crippen molar-refractivity contribution in [2.75, 3.05) is 17.6 Å². The maximum absolute atomic E-state index is 6.23. The largest absolute Gasteiger partial charge is 0.334 e. The summed E-state index contributed by atoms with van der Waals surface area (Å²) in [5, 5.41) is 5.09. The molecule has 0 atom stereocenters. The van der Waals surface area contributed by atoms with E-state index < -0.39 is 0 Å². The molecule has 1 aromatic rings. The number of halogens is 2. The number of nitrogens with zero attached hydrogens (tertiary/aromatic N) is 1. The van der Waals surface area contributed by atoms with Crippen molar-refractivity contribution in [2.24, 2.45) is 10.4 Å². The Balaban J connectivity index is 1.67. The van der Waals surface area contributed by atoms with Crippen LogP contribution in [0.15, 0.2) is 27.7 Å². The van der Waals surface area contributed by atoms with Crippen molar-refractivity contribution in [3.05, 3.63) is 27.7 Å². The van der Waals surface area contributed by atoms with E-state index in [-0.39, 0.29) is 0 Å². The minimum Gasteiger partial charge on any atom is -0.334 e. The SMILES string of the molecule is Clc1cc(Br)ccc1NC1=NCC2(CCCCC2)CS1. The molecule has 1 N–H and O–H groups in total. The molecule has 1 heterocycles. The van der Waals surface area contributed by atoms with Crippen LogP contribution >= 0.6 is 39.3 Å². The first kappa shape index (κ1) is 14.7. The summed E-state index contributed by atoms with van der Waals surface area (Å²) < 4.78 is 0.993. The van der Waals surface area contributed by atoms with Crippen LogP contribution in [0.3, 0.4) is 0 Å². The fourth-order valence-electron chi connectivity index (χ4n) is 2.94. The maximum atomic E-state index is 6.23. The molecule has 1 fully saturated rings. The van der Waals surface area contributed by atoms with Crippen molar-refractivity contribution < 1.29 is 0 Å². The van der Waals surface area contributed by atoms with Gasteiger partial charge in [0.25, 0.3) is 0 Å². The normalized spacial score (nSPS) is 21.6. The average molecular weight is 374 g/mol. The minimum absolute atomic E-state index is 0.470. The van der Waals surface area contributed by atoms with Gasteiger partial charge in [-0.2, -0.15) is 0 Å². The van der Waals surface area contributed by atoms with Crippen LogP contribution in [0.2, 0.25) is 5.02 Å². The Bertz CT molecular complexity index is 527. The number of amidine groups is 1. The molecular weight excluding hydrogens is 356 g/mol. The third-order valence-corrected chi connectivity index (χ3v) is 6.23. The smallest absolute Gasteiger partial charge is 0.161 e. The highest BCUT2D eigenvalue weighted by Crippen LogP contribution is 2.42. The molecule has 20 heavy (non-hydrogen) atoms. The standard InChI is InChI=1S/C15H18BrClN2S/c16-11-4-5-13(12(17)8-11)19-14-18-9-15(10-20-14)6-2-1-3-7-15/h4-5,8H,1-3,6-7,9-10H2,(H,18,19). The Morgan fingerprint density at radius 1 is 1.25 bits per heavy atom. The van der Waals surface area contributed by atoms with Crippen LogP contribution in [0.25, 0.3) is 0 Å². The van der Waals surface area contributed by atoms with Crippen LogP contribution in [-0.2, 0) is 0 Å². The van der Waals surface area contributed by atoms with Gasteiger partial charge in [0.05, 0.1) is 10.7 Å². The van der Waals surface area contributed by atoms with Crippen molar-refractivity contribution in [3.8, 4) is 0 Å². The number of rotatable bonds is 1. The third kappa shape index (κ3) is 3.34. The monoisotopic (exact) mass is 372 g/mol. The van der Waals surface area contributed by atoms with Crippen LogP contribution in [-0.4, -0.2) is 17.5 Å². The van der Waals surface area contributed by atoms with Gasteiger partial charge in [0, 0.05) is 16.8 Å². The number of hydrogen-bond acceptors (Lipinski definition) is 3. The topological polar surface area (TPSA) is 24.4 Å². The van der Waals surface area contributed by atoms with Crippen molar-refractivity contribution in [1.82, 2.24) is 0 Å². The molecule has 1 aromatic carbocycles. The number of thioether (sulfide) groups is 1. The van der Waals surface area contributed by atoms with Gasteiger partial charge in [0.1, 0.15) is 0 Å². The predicted molar refractivity (Wildman–Crippen MR) is 93.1 cm³/mol. The lowest BCUT2D eigenvalue weighted by Gasteiger charge is -2.38. The van der Waals surface area contributed by atoms with Crippen molar-refractivity contribution in [3.63, 3.8) is 0 Å². The first-order chi connectivity index (χ1) is 9.67. The second-order valence-electron chi connectivity index (χ2n) is 5.72. The van der Waals surface area contributed by atoms with Crippen molar-refractivity contribution in [2.45, 2.75) is 32.1 Å². The van der Waals surface area contributed by atoms with Gasteiger partial charge in [-0.15, -0.1) is 0 Å². The van der Waals surface area contributed by atoms with E-state index in [0.717, 1.165) is 26.9 Å². The van der Waals surface area contributed by atoms with Crippen LogP contribution in [0.4, 0.5) is 5.69 Å². The van der Waals surface area contributed by atoms with Crippen LogP contribution in [0.5, 0.6) is 0 Å². The average Bonchev–Trinajstić information content (AvgIpc) is 2.45. The molecule has 108 valence electrons. The van der Waals surface area contributed by atoms with Gasteiger partial charge in [-0.05, 0) is 36.5 Å². The molecule has 0 aromatic heterocycles. The molecule has 1 aliphatic heterocycles. The minimum atomic E-state index is 0.470. The van der Waals surface area contributed by atoms with Gasteiger partial charge in [0.2, 0.25) is 0 Å². The summed E-state index contributed by atoms with van der Waals surface area (Å²) in [6, 6.07) is 5.88. The Hall–Kier alpha value is -0.190. The van der Waals surface area contributed by atoms with Gasteiger partial charge in [-0.1, -0.05) is 58.6 Å². The van der Waals surface area contributed by atoms with Crippen molar-refractivity contribution >= 4 is 50.1 Å². The van der Waals surface area contributed by atoms with E-state index in [0.29, 0.717) is 5.41 Å². The predicted octanol–water partition coefficient (Wildman–Crippen LogP) is 5.57. The van der Waals surface area contributed by atoms with Crippen molar-refractivity contribution in [1.29, 1.82) is 0 Å². The molecular formula is C15H18BrClN2S. The molecule has 0 amide bonds. The summed E-state index contributed by atoms with van der Waals surface area (Å²) in [4.78, 5) is 4.76. The van der Waals surface area contributed by atoms with E-state index in [1.54, 1.807) is 0 Å². The molecule has 0 radical (unpaired) electrons. The van der Waals surface area contributed by atoms with Crippen LogP contribution in [0.1, 0.15) is 32.1 Å². The highest BCUT2D eigenvalue weighted by Gasteiger charge is 2.34. The number of aliphatic imine (C=N–C) groups is 1. The van der Waals surface area contributed by atoms with Crippen LogP contribution in [0, 0.1) is 5.41 Å². The second kappa shape index (κ2) is 6.29. The highest BCUT2D eigenvalue weighted by atomic mass is 79.9. The Labute approximate surface area is 137 Å². The highest BCUT2D eigenvalue weighted by molar-refractivity contribution is 9.10. The molecule has 0 bridgehead atoms. The molecule has 2 nitrogen and oxygen atoms in total. The number of nitrogens with one attached hydrogen (secondary N) is 1. The Kier molecular flexibility index (Phi) is 4.63. The number of anilines is 1. The molecule has 1 saturated carbocycles. The molecule has 0 saturated heterocycles. The third-order valence-electron chi connectivity index (χ3n) is 4.16. The van der Waals surface area contributed by atoms with Gasteiger partial charge in [-0.3, -0.25) is 4.99 Å². The lowest BCUT2D eigenvalue weighted by molar-refractivity contribution is 0.232. The molecule has 1 aliphatic carbocycles. The van der Waals surface area contributed by atoms with Gasteiger partial charge < -0.3 is 5.32 Å². The lowest BCUT2D eigenvalue weighted by atomic mass is 9.75. The molecule has 3 rings (SSSR count). The molecule has 2 aliphatic rings. The summed E-state index contributed by atoms with van der Waals surface area (Å²) in [5.74, 6) is 1.19. The van der Waals surface area contributed by atoms with E-state index in [9.17, 15) is 0 Å². The number of benzene rings is 1. The van der Waals surface area contributed by atoms with Gasteiger partial charge >= 0.3 is 0 Å². The van der Waals surface area contributed by atoms with E-state index in [4.69, 9.17) is 16.6 Å². The quantitative estimate of drug-likeness (QED) is 0.696. The Morgan fingerprint density at radius 2 is 2.05 bits per heavy atom. The van der Waals surface area contributed by atoms with Gasteiger partial charge in [-0.25, -0.2) is 0 Å². The van der Waals surface area contributed by atoms with E-state index in [2.05, 4.69) is 21.2 Å². The fourth-order valence-corrected chi connectivity index (χ4v) is 4.82. The summed E-state index contributed by atoms with van der Waals surface area (Å²) >= 11 is 11.5. The first-order valence-electron chi connectivity index (χ1n) is 7.06. The van der Waals surface area contributed by atoms with E-state index >= 15 is 0 Å². The summed E-state index contributed by atoms with van der Waals surface area (Å²) in [6.45, 7) is 0.969. The Morgan fingerprint density at radius 3 is 2.70 bits per heavy atom. The summed E-state index contributed by atoms with van der Waals surface area (Å²) in [5.41, 5.74) is 1.40. The van der Waals surface area contributed by atoms with E-state index in [1.165, 1.54) is 37.9 Å². The zero-order valence-electron chi connectivity index (χ0n) is 11.3. The summed E-state index contributed by atoms with van der Waals surface area (Å²) in [7, 11) is 0. The fraction of sp³-hybridized carbons (Fsp3) is 0.533. The summed E-state index contributed by atoms with van der Waals surface area (Å²) in [6.07, 6.45) is 6.83. The first-order valence-corrected chi connectivity index (χ1v) is 9.22. The lowest BCUT2D eigenvalue weighted by Crippen LogP contribution is -2.35. The second-order valence-corrected chi connectivity index (χ2v) is 8.01. The molecule has 5 heteroatoms. The maximum Gasteiger partial charge on any atom is 0.161 e. The zero-order valence-corrected chi connectivity index (χ0v) is 14.5. The number of hydrogen-bond donors (Lipinski definition) is 1. The zero-order chi connectivity index (χ0) is 14.0.